The van der Waals surface area contributed by atoms with Crippen molar-refractivity contribution in [1.29, 1.82) is 0 Å². The van der Waals surface area contributed by atoms with Gasteiger partial charge in [-0.3, -0.25) is 4.98 Å². The van der Waals surface area contributed by atoms with E-state index in [0.717, 1.165) is 5.69 Å². The third-order valence-electron chi connectivity index (χ3n) is 2.39. The predicted octanol–water partition coefficient (Wildman–Crippen LogP) is 1.70. The van der Waals surface area contributed by atoms with Crippen LogP contribution in [-0.4, -0.2) is 29.3 Å². The molecule has 0 spiro atoms. The monoisotopic (exact) mass is 212 g/mol. The van der Waals surface area contributed by atoms with Crippen molar-refractivity contribution in [3.05, 3.63) is 23.5 Å². The molecular weight excluding hydrogens is 200 g/mol. The van der Waals surface area contributed by atoms with Crippen molar-refractivity contribution in [3.63, 3.8) is 0 Å². The first-order valence-corrected chi connectivity index (χ1v) is 5.17. The van der Waals surface area contributed by atoms with Crippen LogP contribution >= 0.6 is 11.6 Å². The maximum absolute atomic E-state index is 8.97. The summed E-state index contributed by atoms with van der Waals surface area (Å²) in [5, 5.41) is 9.63. The summed E-state index contributed by atoms with van der Waals surface area (Å²) in [5.74, 6) is 0. The van der Waals surface area contributed by atoms with E-state index in [1.54, 1.807) is 12.4 Å². The fourth-order valence-corrected chi connectivity index (χ4v) is 1.82. The zero-order valence-corrected chi connectivity index (χ0v) is 8.61. The number of anilines is 1. The maximum Gasteiger partial charge on any atom is 0.0822 e. The van der Waals surface area contributed by atoms with Crippen molar-refractivity contribution in [2.45, 2.75) is 18.9 Å². The molecule has 3 nitrogen and oxygen atoms in total. The number of aromatic nitrogens is 1. The lowest BCUT2D eigenvalue weighted by Crippen LogP contribution is -2.29. The molecule has 1 fully saturated rings. The zero-order chi connectivity index (χ0) is 9.97. The van der Waals surface area contributed by atoms with E-state index in [9.17, 15) is 0 Å². The molecule has 0 radical (unpaired) electrons. The zero-order valence-electron chi connectivity index (χ0n) is 7.86. The van der Waals surface area contributed by atoms with Crippen LogP contribution in [0.4, 0.5) is 5.69 Å². The van der Waals surface area contributed by atoms with Crippen LogP contribution in [0.1, 0.15) is 12.8 Å². The van der Waals surface area contributed by atoms with Gasteiger partial charge in [0.25, 0.3) is 0 Å². The molecule has 0 saturated heterocycles. The normalized spacial score (nSPS) is 15.6. The molecule has 1 aliphatic rings. The topological polar surface area (TPSA) is 36.4 Å². The first kappa shape index (κ1) is 9.74. The molecule has 0 aromatic carbocycles. The Balaban J connectivity index is 2.21. The Kier molecular flexibility index (Phi) is 2.89. The van der Waals surface area contributed by atoms with Gasteiger partial charge in [0.2, 0.25) is 0 Å². The second-order valence-corrected chi connectivity index (χ2v) is 3.88. The smallest absolute Gasteiger partial charge is 0.0822 e. The average molecular weight is 213 g/mol. The standard InChI is InChI=1S/C10H13ClN2O/c11-9-7-12-4-3-10(9)13(5-6-14)8-1-2-8/h3-4,7-8,14H,1-2,5-6H2. The molecule has 1 aromatic rings. The lowest BCUT2D eigenvalue weighted by atomic mass is 10.3. The third-order valence-corrected chi connectivity index (χ3v) is 2.68. The minimum absolute atomic E-state index is 0.162. The molecule has 0 aliphatic heterocycles. The molecular formula is C10H13ClN2O. The molecule has 14 heavy (non-hydrogen) atoms. The van der Waals surface area contributed by atoms with Crippen molar-refractivity contribution in [3.8, 4) is 0 Å². The van der Waals surface area contributed by atoms with Crippen molar-refractivity contribution in [2.24, 2.45) is 0 Å². The van der Waals surface area contributed by atoms with E-state index in [4.69, 9.17) is 16.7 Å². The van der Waals surface area contributed by atoms with Gasteiger partial charge < -0.3 is 10.0 Å². The predicted molar refractivity (Wildman–Crippen MR) is 56.7 cm³/mol. The summed E-state index contributed by atoms with van der Waals surface area (Å²) in [7, 11) is 0. The number of hydrogen-bond acceptors (Lipinski definition) is 3. The summed E-state index contributed by atoms with van der Waals surface area (Å²) in [5.41, 5.74) is 0.984. The van der Waals surface area contributed by atoms with Crippen LogP contribution in [0.3, 0.4) is 0 Å². The molecule has 0 atom stereocenters. The highest BCUT2D eigenvalue weighted by molar-refractivity contribution is 6.33. The lowest BCUT2D eigenvalue weighted by Gasteiger charge is -2.24. The number of halogens is 1. The fourth-order valence-electron chi connectivity index (χ4n) is 1.59. The summed E-state index contributed by atoms with van der Waals surface area (Å²) >= 11 is 6.04. The average Bonchev–Trinajstić information content (AvgIpc) is 2.99. The second-order valence-electron chi connectivity index (χ2n) is 3.48. The quantitative estimate of drug-likeness (QED) is 0.826. The van der Waals surface area contributed by atoms with Gasteiger partial charge in [-0.05, 0) is 18.9 Å². The van der Waals surface area contributed by atoms with E-state index in [1.165, 1.54) is 12.8 Å². The lowest BCUT2D eigenvalue weighted by molar-refractivity contribution is 0.301. The van der Waals surface area contributed by atoms with Crippen molar-refractivity contribution in [2.75, 3.05) is 18.1 Å². The van der Waals surface area contributed by atoms with E-state index < -0.39 is 0 Å². The van der Waals surface area contributed by atoms with E-state index in [1.807, 2.05) is 6.07 Å². The van der Waals surface area contributed by atoms with Gasteiger partial charge in [0.1, 0.15) is 0 Å². The van der Waals surface area contributed by atoms with Gasteiger partial charge in [-0.25, -0.2) is 0 Å². The molecule has 1 aromatic heterocycles. The van der Waals surface area contributed by atoms with Crippen LogP contribution < -0.4 is 4.90 Å². The Hall–Kier alpha value is -0.800. The van der Waals surface area contributed by atoms with Crippen LogP contribution in [0.2, 0.25) is 5.02 Å². The highest BCUT2D eigenvalue weighted by Crippen LogP contribution is 2.34. The summed E-state index contributed by atoms with van der Waals surface area (Å²) in [6.07, 6.45) is 5.76. The molecule has 4 heteroatoms. The Morgan fingerprint density at radius 3 is 2.93 bits per heavy atom. The first-order valence-electron chi connectivity index (χ1n) is 4.80. The van der Waals surface area contributed by atoms with E-state index >= 15 is 0 Å². The third kappa shape index (κ3) is 1.99. The number of rotatable bonds is 4. The van der Waals surface area contributed by atoms with Gasteiger partial charge in [0.15, 0.2) is 0 Å². The van der Waals surface area contributed by atoms with Crippen LogP contribution in [0.15, 0.2) is 18.5 Å². The molecule has 0 unspecified atom stereocenters. The molecule has 1 N–H and O–H groups in total. The van der Waals surface area contributed by atoms with Crippen molar-refractivity contribution < 1.29 is 5.11 Å². The Bertz CT molecular complexity index is 315. The summed E-state index contributed by atoms with van der Waals surface area (Å²) in [4.78, 5) is 6.10. The maximum atomic E-state index is 8.97. The number of aliphatic hydroxyl groups excluding tert-OH is 1. The Morgan fingerprint density at radius 1 is 1.57 bits per heavy atom. The van der Waals surface area contributed by atoms with Gasteiger partial charge in [-0.2, -0.15) is 0 Å². The number of aliphatic hydroxyl groups is 1. The van der Waals surface area contributed by atoms with Gasteiger partial charge >= 0.3 is 0 Å². The van der Waals surface area contributed by atoms with Gasteiger partial charge in [-0.1, -0.05) is 11.6 Å². The fraction of sp³-hybridized carbons (Fsp3) is 0.500. The molecule has 1 aliphatic carbocycles. The molecule has 0 bridgehead atoms. The van der Waals surface area contributed by atoms with Crippen LogP contribution in [-0.2, 0) is 0 Å². The van der Waals surface area contributed by atoms with Crippen LogP contribution in [0.25, 0.3) is 0 Å². The minimum atomic E-state index is 0.162. The Labute approximate surface area is 88.3 Å². The second kappa shape index (κ2) is 4.15. The summed E-state index contributed by atoms with van der Waals surface area (Å²) in [6.45, 7) is 0.809. The van der Waals surface area contributed by atoms with Gasteiger partial charge in [-0.15, -0.1) is 0 Å². The molecule has 0 amide bonds. The van der Waals surface area contributed by atoms with Crippen molar-refractivity contribution >= 4 is 17.3 Å². The van der Waals surface area contributed by atoms with Gasteiger partial charge in [0.05, 0.1) is 17.3 Å². The number of pyridine rings is 1. The number of nitrogens with zero attached hydrogens (tertiary/aromatic N) is 2. The Morgan fingerprint density at radius 2 is 2.36 bits per heavy atom. The molecule has 2 rings (SSSR count). The van der Waals surface area contributed by atoms with Crippen molar-refractivity contribution in [1.82, 2.24) is 4.98 Å². The summed E-state index contributed by atoms with van der Waals surface area (Å²) < 4.78 is 0. The molecule has 1 saturated carbocycles. The van der Waals surface area contributed by atoms with E-state index in [-0.39, 0.29) is 6.61 Å². The van der Waals surface area contributed by atoms with E-state index in [2.05, 4.69) is 9.88 Å². The highest BCUT2D eigenvalue weighted by atomic mass is 35.5. The SMILES string of the molecule is OCCN(c1ccncc1Cl)C1CC1. The van der Waals surface area contributed by atoms with E-state index in [0.29, 0.717) is 17.6 Å². The first-order chi connectivity index (χ1) is 6.83. The highest BCUT2D eigenvalue weighted by Gasteiger charge is 2.29. The summed E-state index contributed by atoms with van der Waals surface area (Å²) in [6, 6.07) is 2.46. The van der Waals surface area contributed by atoms with Crippen LogP contribution in [0, 0.1) is 0 Å². The van der Waals surface area contributed by atoms with Gasteiger partial charge in [0, 0.05) is 25.0 Å². The number of hydrogen-bond donors (Lipinski definition) is 1. The minimum Gasteiger partial charge on any atom is -0.395 e. The largest absolute Gasteiger partial charge is 0.395 e. The molecule has 76 valence electrons. The molecule has 1 heterocycles. The van der Waals surface area contributed by atoms with Crippen LogP contribution in [0.5, 0.6) is 0 Å².